The molecule has 0 radical (unpaired) electrons. The average Bonchev–Trinajstić information content (AvgIpc) is 2.41. The van der Waals surface area contributed by atoms with E-state index >= 15 is 0 Å². The Kier molecular flexibility index (Phi) is 5.26. The summed E-state index contributed by atoms with van der Waals surface area (Å²) >= 11 is 9.27. The van der Waals surface area contributed by atoms with Crippen LogP contribution < -0.4 is 10.1 Å². The van der Waals surface area contributed by atoms with Crippen LogP contribution in [-0.4, -0.2) is 12.5 Å². The van der Waals surface area contributed by atoms with Gasteiger partial charge in [0.05, 0.1) is 0 Å². The first-order valence-corrected chi connectivity index (χ1v) is 7.58. The van der Waals surface area contributed by atoms with Crippen molar-refractivity contribution in [1.29, 1.82) is 0 Å². The monoisotopic (exact) mass is 367 g/mol. The molecule has 0 heterocycles. The second kappa shape index (κ2) is 6.96. The molecule has 0 saturated carbocycles. The van der Waals surface area contributed by atoms with Crippen molar-refractivity contribution in [3.8, 4) is 5.75 Å². The van der Waals surface area contributed by atoms with E-state index in [-0.39, 0.29) is 12.5 Å². The fourth-order valence-corrected chi connectivity index (χ4v) is 2.57. The predicted molar refractivity (Wildman–Crippen MR) is 89.2 cm³/mol. The van der Waals surface area contributed by atoms with Gasteiger partial charge in [0, 0.05) is 15.2 Å². The van der Waals surface area contributed by atoms with Crippen LogP contribution in [0.15, 0.2) is 40.9 Å². The zero-order chi connectivity index (χ0) is 15.4. The van der Waals surface area contributed by atoms with Crippen molar-refractivity contribution in [1.82, 2.24) is 0 Å². The predicted octanol–water partition coefficient (Wildman–Crippen LogP) is 4.74. The molecule has 0 bridgehead atoms. The third-order valence-electron chi connectivity index (χ3n) is 2.96. The third kappa shape index (κ3) is 4.48. The highest BCUT2D eigenvalue weighted by Gasteiger charge is 2.07. The summed E-state index contributed by atoms with van der Waals surface area (Å²) in [5, 5.41) is 3.48. The molecule has 21 heavy (non-hydrogen) atoms. The highest BCUT2D eigenvalue weighted by atomic mass is 79.9. The van der Waals surface area contributed by atoms with E-state index in [0.717, 1.165) is 21.3 Å². The van der Waals surface area contributed by atoms with Crippen LogP contribution in [0.1, 0.15) is 11.1 Å². The zero-order valence-corrected chi connectivity index (χ0v) is 14.1. The van der Waals surface area contributed by atoms with Crippen LogP contribution in [0, 0.1) is 13.8 Å². The highest BCUT2D eigenvalue weighted by Crippen LogP contribution is 2.22. The maximum atomic E-state index is 11.9. The van der Waals surface area contributed by atoms with Crippen LogP contribution in [-0.2, 0) is 4.79 Å². The van der Waals surface area contributed by atoms with Gasteiger partial charge in [0.25, 0.3) is 5.91 Å². The van der Waals surface area contributed by atoms with Crippen LogP contribution >= 0.6 is 27.5 Å². The number of amides is 1. The molecule has 0 unspecified atom stereocenters. The lowest BCUT2D eigenvalue weighted by Crippen LogP contribution is -2.20. The first kappa shape index (κ1) is 15.9. The molecule has 0 fully saturated rings. The molecule has 1 N–H and O–H groups in total. The number of halogens is 2. The SMILES string of the molecule is Cc1cc(Br)ccc1NC(=O)COc1ccc(Cl)cc1C. The van der Waals surface area contributed by atoms with Gasteiger partial charge in [-0.3, -0.25) is 4.79 Å². The standard InChI is InChI=1S/C16H15BrClNO2/c1-10-7-12(17)3-5-14(10)19-16(20)9-21-15-6-4-13(18)8-11(15)2/h3-8H,9H2,1-2H3,(H,19,20). The molecule has 0 spiro atoms. The summed E-state index contributed by atoms with van der Waals surface area (Å²) in [7, 11) is 0. The molecule has 2 aromatic carbocycles. The molecule has 2 aromatic rings. The summed E-state index contributed by atoms with van der Waals surface area (Å²) in [6.07, 6.45) is 0. The van der Waals surface area contributed by atoms with E-state index < -0.39 is 0 Å². The molecule has 110 valence electrons. The summed E-state index contributed by atoms with van der Waals surface area (Å²) in [6.45, 7) is 3.78. The zero-order valence-electron chi connectivity index (χ0n) is 11.7. The van der Waals surface area contributed by atoms with Crippen molar-refractivity contribution >= 4 is 39.1 Å². The summed E-state index contributed by atoms with van der Waals surface area (Å²) in [5.41, 5.74) is 2.66. The molecule has 2 rings (SSSR count). The Morgan fingerprint density at radius 1 is 1.19 bits per heavy atom. The molecular weight excluding hydrogens is 354 g/mol. The average molecular weight is 369 g/mol. The smallest absolute Gasteiger partial charge is 0.262 e. The summed E-state index contributed by atoms with van der Waals surface area (Å²) in [6, 6.07) is 11.0. The van der Waals surface area contributed by atoms with E-state index in [9.17, 15) is 4.79 Å². The van der Waals surface area contributed by atoms with Crippen LogP contribution in [0.2, 0.25) is 5.02 Å². The van der Waals surface area contributed by atoms with E-state index in [1.807, 2.05) is 32.0 Å². The second-order valence-electron chi connectivity index (χ2n) is 4.71. The van der Waals surface area contributed by atoms with Crippen molar-refractivity contribution in [3.05, 3.63) is 57.0 Å². The maximum Gasteiger partial charge on any atom is 0.262 e. The Balaban J connectivity index is 1.96. The topological polar surface area (TPSA) is 38.3 Å². The number of rotatable bonds is 4. The summed E-state index contributed by atoms with van der Waals surface area (Å²) < 4.78 is 6.49. The van der Waals surface area contributed by atoms with Crippen molar-refractivity contribution in [3.63, 3.8) is 0 Å². The quantitative estimate of drug-likeness (QED) is 0.846. The minimum Gasteiger partial charge on any atom is -0.483 e. The third-order valence-corrected chi connectivity index (χ3v) is 3.69. The van der Waals surface area contributed by atoms with Gasteiger partial charge in [0.15, 0.2) is 6.61 Å². The lowest BCUT2D eigenvalue weighted by atomic mass is 10.2. The lowest BCUT2D eigenvalue weighted by Gasteiger charge is -2.11. The second-order valence-corrected chi connectivity index (χ2v) is 6.06. The number of ether oxygens (including phenoxy) is 1. The molecule has 0 aliphatic carbocycles. The number of anilines is 1. The summed E-state index contributed by atoms with van der Waals surface area (Å²) in [4.78, 5) is 11.9. The number of hydrogen-bond donors (Lipinski definition) is 1. The van der Waals surface area contributed by atoms with Crippen molar-refractivity contribution < 1.29 is 9.53 Å². The van der Waals surface area contributed by atoms with Gasteiger partial charge in [0.1, 0.15) is 5.75 Å². The van der Waals surface area contributed by atoms with E-state index in [1.54, 1.807) is 18.2 Å². The minimum atomic E-state index is -0.199. The molecule has 0 aromatic heterocycles. The Morgan fingerprint density at radius 3 is 2.62 bits per heavy atom. The fraction of sp³-hybridized carbons (Fsp3) is 0.188. The molecule has 0 atom stereocenters. The van der Waals surface area contributed by atoms with Gasteiger partial charge in [-0.05, 0) is 61.4 Å². The molecule has 5 heteroatoms. The van der Waals surface area contributed by atoms with Crippen LogP contribution in [0.25, 0.3) is 0 Å². The Labute approximate surface area is 137 Å². The van der Waals surface area contributed by atoms with Gasteiger partial charge in [0.2, 0.25) is 0 Å². The Hall–Kier alpha value is -1.52. The van der Waals surface area contributed by atoms with E-state index in [2.05, 4.69) is 21.2 Å². The molecular formula is C16H15BrClNO2. The number of carbonyl (C=O) groups is 1. The van der Waals surface area contributed by atoms with Gasteiger partial charge in [-0.1, -0.05) is 27.5 Å². The lowest BCUT2D eigenvalue weighted by molar-refractivity contribution is -0.118. The van der Waals surface area contributed by atoms with Gasteiger partial charge >= 0.3 is 0 Å². The van der Waals surface area contributed by atoms with Crippen LogP contribution in [0.3, 0.4) is 0 Å². The molecule has 0 aliphatic heterocycles. The number of aryl methyl sites for hydroxylation is 2. The van der Waals surface area contributed by atoms with Crippen LogP contribution in [0.4, 0.5) is 5.69 Å². The highest BCUT2D eigenvalue weighted by molar-refractivity contribution is 9.10. The number of carbonyl (C=O) groups excluding carboxylic acids is 1. The first-order valence-electron chi connectivity index (χ1n) is 6.40. The van der Waals surface area contributed by atoms with Gasteiger partial charge in [-0.15, -0.1) is 0 Å². The van der Waals surface area contributed by atoms with Gasteiger partial charge in [-0.2, -0.15) is 0 Å². The number of benzene rings is 2. The van der Waals surface area contributed by atoms with E-state index in [0.29, 0.717) is 10.8 Å². The number of nitrogens with one attached hydrogen (secondary N) is 1. The number of hydrogen-bond acceptors (Lipinski definition) is 2. The Morgan fingerprint density at radius 2 is 1.95 bits per heavy atom. The van der Waals surface area contributed by atoms with Crippen molar-refractivity contribution in [2.75, 3.05) is 11.9 Å². The largest absolute Gasteiger partial charge is 0.483 e. The normalized spacial score (nSPS) is 10.3. The minimum absolute atomic E-state index is 0.0437. The summed E-state index contributed by atoms with van der Waals surface area (Å²) in [5.74, 6) is 0.455. The van der Waals surface area contributed by atoms with Crippen molar-refractivity contribution in [2.24, 2.45) is 0 Å². The fourth-order valence-electron chi connectivity index (χ4n) is 1.87. The Bertz CT molecular complexity index is 673. The first-order chi connectivity index (χ1) is 9.95. The molecule has 3 nitrogen and oxygen atoms in total. The molecule has 0 aliphatic rings. The maximum absolute atomic E-state index is 11.9. The van der Waals surface area contributed by atoms with Crippen LogP contribution in [0.5, 0.6) is 5.75 Å². The van der Waals surface area contributed by atoms with Crippen molar-refractivity contribution in [2.45, 2.75) is 13.8 Å². The van der Waals surface area contributed by atoms with E-state index in [4.69, 9.17) is 16.3 Å². The molecule has 1 amide bonds. The van der Waals surface area contributed by atoms with Gasteiger partial charge in [-0.25, -0.2) is 0 Å². The molecule has 0 saturated heterocycles. The van der Waals surface area contributed by atoms with Gasteiger partial charge < -0.3 is 10.1 Å². The van der Waals surface area contributed by atoms with E-state index in [1.165, 1.54) is 0 Å².